The van der Waals surface area contributed by atoms with Crippen molar-refractivity contribution in [2.45, 2.75) is 45.1 Å². The lowest BCUT2D eigenvalue weighted by molar-refractivity contribution is -0.122. The SMILES string of the molecule is C[C@@H](NC(=O)CCNC(=O)c1ccccc1)[C@@H]1C[C@H]2CC[C@H]1C2. The topological polar surface area (TPSA) is 58.2 Å². The van der Waals surface area contributed by atoms with Gasteiger partial charge in [0.25, 0.3) is 5.91 Å². The fraction of sp³-hybridized carbons (Fsp3) is 0.579. The molecule has 0 saturated heterocycles. The Balaban J connectivity index is 1.37. The van der Waals surface area contributed by atoms with E-state index in [2.05, 4.69) is 17.6 Å². The molecule has 4 nitrogen and oxygen atoms in total. The zero-order chi connectivity index (χ0) is 16.2. The first kappa shape index (κ1) is 16.0. The zero-order valence-corrected chi connectivity index (χ0v) is 13.8. The number of hydrogen-bond donors (Lipinski definition) is 2. The van der Waals surface area contributed by atoms with Crippen LogP contribution in [0, 0.1) is 17.8 Å². The summed E-state index contributed by atoms with van der Waals surface area (Å²) in [6, 6.07) is 9.33. The predicted octanol–water partition coefficient (Wildman–Crippen LogP) is 2.75. The molecule has 2 aliphatic rings. The van der Waals surface area contributed by atoms with E-state index in [1.807, 2.05) is 18.2 Å². The molecule has 2 bridgehead atoms. The normalized spacial score (nSPS) is 26.7. The van der Waals surface area contributed by atoms with Crippen LogP contribution in [0.2, 0.25) is 0 Å². The lowest BCUT2D eigenvalue weighted by Crippen LogP contribution is -2.41. The maximum atomic E-state index is 12.1. The Labute approximate surface area is 138 Å². The summed E-state index contributed by atoms with van der Waals surface area (Å²) in [5.74, 6) is 2.27. The molecule has 2 aliphatic carbocycles. The van der Waals surface area contributed by atoms with Crippen molar-refractivity contribution in [2.75, 3.05) is 6.54 Å². The summed E-state index contributed by atoms with van der Waals surface area (Å²) >= 11 is 0. The largest absolute Gasteiger partial charge is 0.353 e. The maximum absolute atomic E-state index is 12.1. The van der Waals surface area contributed by atoms with Gasteiger partial charge in [0.1, 0.15) is 0 Å². The van der Waals surface area contributed by atoms with Crippen molar-refractivity contribution >= 4 is 11.8 Å². The third kappa shape index (κ3) is 3.92. The van der Waals surface area contributed by atoms with Gasteiger partial charge in [-0.25, -0.2) is 0 Å². The number of amides is 2. The van der Waals surface area contributed by atoms with Gasteiger partial charge in [-0.2, -0.15) is 0 Å². The Morgan fingerprint density at radius 1 is 1.17 bits per heavy atom. The highest BCUT2D eigenvalue weighted by Crippen LogP contribution is 2.49. The highest BCUT2D eigenvalue weighted by molar-refractivity contribution is 5.94. The molecule has 2 saturated carbocycles. The quantitative estimate of drug-likeness (QED) is 0.848. The van der Waals surface area contributed by atoms with E-state index < -0.39 is 0 Å². The van der Waals surface area contributed by atoms with Gasteiger partial charge in [0.05, 0.1) is 0 Å². The molecular weight excluding hydrogens is 288 g/mol. The molecule has 0 unspecified atom stereocenters. The van der Waals surface area contributed by atoms with Crippen LogP contribution in [-0.2, 0) is 4.79 Å². The number of benzene rings is 1. The standard InChI is InChI=1S/C19H26N2O2/c1-13(17-12-14-7-8-16(17)11-14)21-18(22)9-10-20-19(23)15-5-3-2-4-6-15/h2-6,13-14,16-17H,7-12H2,1H3,(H,20,23)(H,21,22)/t13-,14+,16+,17+/m1/s1. The van der Waals surface area contributed by atoms with Gasteiger partial charge in [-0.15, -0.1) is 0 Å². The average Bonchev–Trinajstić information content (AvgIpc) is 3.18. The van der Waals surface area contributed by atoms with E-state index in [9.17, 15) is 9.59 Å². The van der Waals surface area contributed by atoms with Crippen molar-refractivity contribution in [3.8, 4) is 0 Å². The third-order valence-electron chi connectivity index (χ3n) is 5.50. The summed E-state index contributed by atoms with van der Waals surface area (Å²) in [4.78, 5) is 24.0. The third-order valence-corrected chi connectivity index (χ3v) is 5.50. The van der Waals surface area contributed by atoms with Gasteiger partial charge in [0.2, 0.25) is 5.91 Å². The molecule has 2 fully saturated rings. The van der Waals surface area contributed by atoms with E-state index >= 15 is 0 Å². The van der Waals surface area contributed by atoms with E-state index in [1.165, 1.54) is 25.7 Å². The van der Waals surface area contributed by atoms with Crippen molar-refractivity contribution in [1.82, 2.24) is 10.6 Å². The highest BCUT2D eigenvalue weighted by Gasteiger charge is 2.42. The van der Waals surface area contributed by atoms with Crippen LogP contribution >= 0.6 is 0 Å². The number of rotatable bonds is 6. The molecule has 0 aromatic heterocycles. The second-order valence-electron chi connectivity index (χ2n) is 7.07. The molecule has 4 heteroatoms. The molecule has 0 spiro atoms. The van der Waals surface area contributed by atoms with Crippen molar-refractivity contribution in [3.05, 3.63) is 35.9 Å². The minimum Gasteiger partial charge on any atom is -0.353 e. The molecule has 0 aliphatic heterocycles. The fourth-order valence-corrected chi connectivity index (χ4v) is 4.32. The molecule has 0 heterocycles. The minimum absolute atomic E-state index is 0.0358. The Bertz CT molecular complexity index is 558. The Hall–Kier alpha value is -1.84. The Morgan fingerprint density at radius 3 is 2.61 bits per heavy atom. The molecule has 4 atom stereocenters. The van der Waals surface area contributed by atoms with Gasteiger partial charge < -0.3 is 10.6 Å². The second kappa shape index (κ2) is 7.16. The van der Waals surface area contributed by atoms with Crippen LogP contribution in [0.15, 0.2) is 30.3 Å². The summed E-state index contributed by atoms with van der Waals surface area (Å²) in [7, 11) is 0. The van der Waals surface area contributed by atoms with Gasteiger partial charge in [-0.1, -0.05) is 24.6 Å². The van der Waals surface area contributed by atoms with E-state index in [-0.39, 0.29) is 17.9 Å². The van der Waals surface area contributed by atoms with Crippen molar-refractivity contribution in [2.24, 2.45) is 17.8 Å². The number of carbonyl (C=O) groups is 2. The van der Waals surface area contributed by atoms with Crippen LogP contribution in [0.1, 0.15) is 49.4 Å². The summed E-state index contributed by atoms with van der Waals surface area (Å²) in [5, 5.41) is 5.93. The first-order valence-electron chi connectivity index (χ1n) is 8.76. The maximum Gasteiger partial charge on any atom is 0.251 e. The molecule has 1 aromatic carbocycles. The summed E-state index contributed by atoms with van der Waals surface area (Å²) in [6.45, 7) is 2.51. The van der Waals surface area contributed by atoms with Crippen LogP contribution in [0.5, 0.6) is 0 Å². The molecule has 0 radical (unpaired) electrons. The molecule has 23 heavy (non-hydrogen) atoms. The van der Waals surface area contributed by atoms with E-state index in [4.69, 9.17) is 0 Å². The number of nitrogens with one attached hydrogen (secondary N) is 2. The van der Waals surface area contributed by atoms with Gasteiger partial charge in [0.15, 0.2) is 0 Å². The van der Waals surface area contributed by atoms with Crippen molar-refractivity contribution in [1.29, 1.82) is 0 Å². The van der Waals surface area contributed by atoms with Gasteiger partial charge in [0, 0.05) is 24.6 Å². The second-order valence-corrected chi connectivity index (χ2v) is 7.07. The molecule has 2 amide bonds. The molecule has 3 rings (SSSR count). The smallest absolute Gasteiger partial charge is 0.251 e. The van der Waals surface area contributed by atoms with Crippen LogP contribution in [0.3, 0.4) is 0 Å². The van der Waals surface area contributed by atoms with Gasteiger partial charge in [-0.3, -0.25) is 9.59 Å². The van der Waals surface area contributed by atoms with Gasteiger partial charge in [-0.05, 0) is 56.1 Å². The van der Waals surface area contributed by atoms with Crippen LogP contribution < -0.4 is 10.6 Å². The molecule has 1 aromatic rings. The first-order valence-corrected chi connectivity index (χ1v) is 8.76. The lowest BCUT2D eigenvalue weighted by atomic mass is 9.84. The fourth-order valence-electron chi connectivity index (χ4n) is 4.32. The predicted molar refractivity (Wildman–Crippen MR) is 89.9 cm³/mol. The molecule has 124 valence electrons. The number of hydrogen-bond acceptors (Lipinski definition) is 2. The van der Waals surface area contributed by atoms with Crippen molar-refractivity contribution in [3.63, 3.8) is 0 Å². The highest BCUT2D eigenvalue weighted by atomic mass is 16.2. The van der Waals surface area contributed by atoms with Crippen molar-refractivity contribution < 1.29 is 9.59 Å². The van der Waals surface area contributed by atoms with Crippen LogP contribution in [0.25, 0.3) is 0 Å². The van der Waals surface area contributed by atoms with Gasteiger partial charge >= 0.3 is 0 Å². The molecular formula is C19H26N2O2. The first-order chi connectivity index (χ1) is 11.1. The van der Waals surface area contributed by atoms with E-state index in [0.29, 0.717) is 24.4 Å². The zero-order valence-electron chi connectivity index (χ0n) is 13.8. The van der Waals surface area contributed by atoms with E-state index in [1.54, 1.807) is 12.1 Å². The summed E-state index contributed by atoms with van der Waals surface area (Å²) in [5.41, 5.74) is 0.628. The monoisotopic (exact) mass is 314 g/mol. The number of carbonyl (C=O) groups excluding carboxylic acids is 2. The minimum atomic E-state index is -0.125. The molecule has 2 N–H and O–H groups in total. The average molecular weight is 314 g/mol. The Morgan fingerprint density at radius 2 is 1.96 bits per heavy atom. The Kier molecular flexibility index (Phi) is 4.99. The van der Waals surface area contributed by atoms with E-state index in [0.717, 1.165) is 11.8 Å². The lowest BCUT2D eigenvalue weighted by Gasteiger charge is -2.28. The van der Waals surface area contributed by atoms with Crippen LogP contribution in [-0.4, -0.2) is 24.4 Å². The summed E-state index contributed by atoms with van der Waals surface area (Å²) < 4.78 is 0. The van der Waals surface area contributed by atoms with Crippen LogP contribution in [0.4, 0.5) is 0 Å². The summed E-state index contributed by atoms with van der Waals surface area (Å²) in [6.07, 6.45) is 5.69. The number of fused-ring (bicyclic) bond motifs is 2.